The van der Waals surface area contributed by atoms with Gasteiger partial charge in [-0.15, -0.1) is 11.8 Å². The highest BCUT2D eigenvalue weighted by atomic mass is 32.2. The van der Waals surface area contributed by atoms with Crippen molar-refractivity contribution >= 4 is 11.8 Å². The van der Waals surface area contributed by atoms with Gasteiger partial charge in [-0.3, -0.25) is 0 Å². The molecule has 0 atom stereocenters. The maximum absolute atomic E-state index is 6.22. The first kappa shape index (κ1) is 16.1. The Morgan fingerprint density at radius 2 is 1.67 bits per heavy atom. The van der Waals surface area contributed by atoms with Crippen molar-refractivity contribution in [1.82, 2.24) is 0 Å². The Labute approximate surface area is 131 Å². The SMILES string of the molecule is CC(C)(N)c1ccccc1SCCOCc1ccccc1. The van der Waals surface area contributed by atoms with Crippen molar-refractivity contribution in [1.29, 1.82) is 0 Å². The average molecular weight is 301 g/mol. The molecule has 0 heterocycles. The van der Waals surface area contributed by atoms with E-state index in [-0.39, 0.29) is 5.54 Å². The quantitative estimate of drug-likeness (QED) is 0.615. The molecule has 0 amide bonds. The Morgan fingerprint density at radius 1 is 1.00 bits per heavy atom. The molecule has 0 aliphatic carbocycles. The smallest absolute Gasteiger partial charge is 0.0717 e. The standard InChI is InChI=1S/C18H23NOS/c1-18(2,19)16-10-6-7-11-17(16)21-13-12-20-14-15-8-4-3-5-9-15/h3-11H,12-14,19H2,1-2H3. The molecule has 21 heavy (non-hydrogen) atoms. The van der Waals surface area contributed by atoms with Crippen molar-refractivity contribution in [3.8, 4) is 0 Å². The van der Waals surface area contributed by atoms with Crippen molar-refractivity contribution < 1.29 is 4.74 Å². The van der Waals surface area contributed by atoms with E-state index in [0.717, 1.165) is 12.4 Å². The van der Waals surface area contributed by atoms with Crippen molar-refractivity contribution in [2.75, 3.05) is 12.4 Å². The van der Waals surface area contributed by atoms with Crippen LogP contribution in [0.4, 0.5) is 0 Å². The van der Waals surface area contributed by atoms with Crippen molar-refractivity contribution in [3.05, 3.63) is 65.7 Å². The third-order valence-corrected chi connectivity index (χ3v) is 4.22. The zero-order chi connectivity index (χ0) is 15.1. The van der Waals surface area contributed by atoms with Gasteiger partial charge in [-0.1, -0.05) is 48.5 Å². The van der Waals surface area contributed by atoms with E-state index in [1.54, 1.807) is 11.8 Å². The van der Waals surface area contributed by atoms with E-state index >= 15 is 0 Å². The minimum absolute atomic E-state index is 0.311. The summed E-state index contributed by atoms with van der Waals surface area (Å²) in [5.41, 5.74) is 8.31. The lowest BCUT2D eigenvalue weighted by atomic mass is 9.96. The van der Waals surface area contributed by atoms with Gasteiger partial charge in [-0.25, -0.2) is 0 Å². The zero-order valence-corrected chi connectivity index (χ0v) is 13.5. The molecular formula is C18H23NOS. The molecule has 0 aromatic heterocycles. The minimum atomic E-state index is -0.311. The van der Waals surface area contributed by atoms with Gasteiger partial charge in [0.25, 0.3) is 0 Å². The molecular weight excluding hydrogens is 278 g/mol. The molecule has 0 radical (unpaired) electrons. The summed E-state index contributed by atoms with van der Waals surface area (Å²) in [5, 5.41) is 0. The van der Waals surface area contributed by atoms with Crippen molar-refractivity contribution in [2.45, 2.75) is 30.9 Å². The van der Waals surface area contributed by atoms with Crippen LogP contribution in [0.5, 0.6) is 0 Å². The summed E-state index contributed by atoms with van der Waals surface area (Å²) < 4.78 is 5.71. The Hall–Kier alpha value is -1.29. The third kappa shape index (κ3) is 5.20. The number of rotatable bonds is 7. The lowest BCUT2D eigenvalue weighted by molar-refractivity contribution is 0.136. The van der Waals surface area contributed by atoms with Gasteiger partial charge in [0.15, 0.2) is 0 Å². The molecule has 0 saturated heterocycles. The molecule has 0 aliphatic rings. The van der Waals surface area contributed by atoms with Gasteiger partial charge in [0.2, 0.25) is 0 Å². The van der Waals surface area contributed by atoms with E-state index in [1.165, 1.54) is 16.0 Å². The predicted molar refractivity (Wildman–Crippen MR) is 90.5 cm³/mol. The summed E-state index contributed by atoms with van der Waals surface area (Å²) in [6.45, 7) is 5.49. The van der Waals surface area contributed by atoms with E-state index in [4.69, 9.17) is 10.5 Å². The Kier molecular flexibility index (Phi) is 5.85. The molecule has 0 spiro atoms. The number of ether oxygens (including phenoxy) is 1. The van der Waals surface area contributed by atoms with Crippen LogP contribution in [0.25, 0.3) is 0 Å². The Bertz CT molecular complexity index is 549. The average Bonchev–Trinajstić information content (AvgIpc) is 2.47. The summed E-state index contributed by atoms with van der Waals surface area (Å²) in [5.74, 6) is 0.930. The normalized spacial score (nSPS) is 11.6. The second-order valence-electron chi connectivity index (χ2n) is 5.60. The molecule has 2 nitrogen and oxygen atoms in total. The Balaban J connectivity index is 1.79. The van der Waals surface area contributed by atoms with Gasteiger partial charge in [-0.2, -0.15) is 0 Å². The van der Waals surface area contributed by atoms with Crippen LogP contribution in [0.3, 0.4) is 0 Å². The summed E-state index contributed by atoms with van der Waals surface area (Å²) in [6, 6.07) is 18.6. The van der Waals surface area contributed by atoms with Crippen LogP contribution in [0.2, 0.25) is 0 Å². The summed E-state index contributed by atoms with van der Waals surface area (Å²) in [6.07, 6.45) is 0. The first-order valence-electron chi connectivity index (χ1n) is 7.20. The topological polar surface area (TPSA) is 35.2 Å². The summed E-state index contributed by atoms with van der Waals surface area (Å²) >= 11 is 1.80. The van der Waals surface area contributed by atoms with Gasteiger partial charge in [-0.05, 0) is 31.0 Å². The molecule has 2 aromatic rings. The van der Waals surface area contributed by atoms with E-state index in [0.29, 0.717) is 6.61 Å². The van der Waals surface area contributed by atoms with Gasteiger partial charge >= 0.3 is 0 Å². The first-order valence-corrected chi connectivity index (χ1v) is 8.19. The molecule has 112 valence electrons. The first-order chi connectivity index (χ1) is 10.1. The molecule has 0 unspecified atom stereocenters. The summed E-state index contributed by atoms with van der Waals surface area (Å²) in [7, 11) is 0. The largest absolute Gasteiger partial charge is 0.376 e. The number of nitrogens with two attached hydrogens (primary N) is 1. The van der Waals surface area contributed by atoms with Crippen LogP contribution in [0.15, 0.2) is 59.5 Å². The zero-order valence-electron chi connectivity index (χ0n) is 12.7. The van der Waals surface area contributed by atoms with Crippen LogP contribution in [-0.2, 0) is 16.9 Å². The molecule has 2 N–H and O–H groups in total. The van der Waals surface area contributed by atoms with E-state index in [9.17, 15) is 0 Å². The Morgan fingerprint density at radius 3 is 2.38 bits per heavy atom. The predicted octanol–water partition coefficient (Wildman–Crippen LogP) is 4.19. The highest BCUT2D eigenvalue weighted by Gasteiger charge is 2.17. The lowest BCUT2D eigenvalue weighted by Crippen LogP contribution is -2.29. The van der Waals surface area contributed by atoms with Crippen molar-refractivity contribution in [2.24, 2.45) is 5.73 Å². The number of thioether (sulfide) groups is 1. The molecule has 0 bridgehead atoms. The van der Waals surface area contributed by atoms with Crippen LogP contribution in [0.1, 0.15) is 25.0 Å². The highest BCUT2D eigenvalue weighted by molar-refractivity contribution is 7.99. The van der Waals surface area contributed by atoms with E-state index in [1.807, 2.05) is 38.1 Å². The molecule has 0 aliphatic heterocycles. The molecule has 0 fully saturated rings. The monoisotopic (exact) mass is 301 g/mol. The van der Waals surface area contributed by atoms with E-state index < -0.39 is 0 Å². The maximum atomic E-state index is 6.22. The lowest BCUT2D eigenvalue weighted by Gasteiger charge is -2.22. The highest BCUT2D eigenvalue weighted by Crippen LogP contribution is 2.29. The minimum Gasteiger partial charge on any atom is -0.376 e. The van der Waals surface area contributed by atoms with Crippen molar-refractivity contribution in [3.63, 3.8) is 0 Å². The second-order valence-corrected chi connectivity index (χ2v) is 6.74. The van der Waals surface area contributed by atoms with Crippen LogP contribution < -0.4 is 5.73 Å². The fourth-order valence-electron chi connectivity index (χ4n) is 2.10. The van der Waals surface area contributed by atoms with Gasteiger partial charge in [0, 0.05) is 16.2 Å². The van der Waals surface area contributed by atoms with Crippen LogP contribution in [-0.4, -0.2) is 12.4 Å². The van der Waals surface area contributed by atoms with E-state index in [2.05, 4.69) is 30.3 Å². The fourth-order valence-corrected chi connectivity index (χ4v) is 3.18. The molecule has 2 rings (SSSR count). The second kappa shape index (κ2) is 7.64. The number of hydrogen-bond donors (Lipinski definition) is 1. The molecule has 2 aromatic carbocycles. The fraction of sp³-hybridized carbons (Fsp3) is 0.333. The third-order valence-electron chi connectivity index (χ3n) is 3.18. The van der Waals surface area contributed by atoms with Crippen LogP contribution in [0, 0.1) is 0 Å². The van der Waals surface area contributed by atoms with Gasteiger partial charge in [0.05, 0.1) is 13.2 Å². The number of benzene rings is 2. The maximum Gasteiger partial charge on any atom is 0.0717 e. The number of hydrogen-bond acceptors (Lipinski definition) is 3. The van der Waals surface area contributed by atoms with Gasteiger partial charge in [0.1, 0.15) is 0 Å². The van der Waals surface area contributed by atoms with Crippen LogP contribution >= 0.6 is 11.8 Å². The molecule has 3 heteroatoms. The van der Waals surface area contributed by atoms with Gasteiger partial charge < -0.3 is 10.5 Å². The molecule has 0 saturated carbocycles. The summed E-state index contributed by atoms with van der Waals surface area (Å²) in [4.78, 5) is 1.24.